The number of halogens is 1. The van der Waals surface area contributed by atoms with Gasteiger partial charge in [-0.25, -0.2) is 0 Å². The summed E-state index contributed by atoms with van der Waals surface area (Å²) in [5, 5.41) is 4.19. The lowest BCUT2D eigenvalue weighted by molar-refractivity contribution is 0.0988. The maximum absolute atomic E-state index is 11.5. The van der Waals surface area contributed by atoms with Gasteiger partial charge in [0.2, 0.25) is 0 Å². The van der Waals surface area contributed by atoms with Gasteiger partial charge in [-0.15, -0.1) is 0 Å². The summed E-state index contributed by atoms with van der Waals surface area (Å²) in [6.45, 7) is 2.54. The number of Topliss-reactive ketones (excluding diaryl/α,β-unsaturated/α-hetero) is 1. The van der Waals surface area contributed by atoms with Crippen molar-refractivity contribution in [1.29, 1.82) is 0 Å². The van der Waals surface area contributed by atoms with Crippen LogP contribution < -0.4 is 0 Å². The first-order valence-corrected chi connectivity index (χ1v) is 6.28. The summed E-state index contributed by atoms with van der Waals surface area (Å²) in [5.41, 5.74) is 1.84. The molecule has 88 valence electrons. The molecule has 2 rings (SSSR count). The predicted octanol–water partition coefficient (Wildman–Crippen LogP) is 3.29. The van der Waals surface area contributed by atoms with Crippen LogP contribution in [0.15, 0.2) is 41.1 Å². The van der Waals surface area contributed by atoms with E-state index in [1.165, 1.54) is 0 Å². The van der Waals surface area contributed by atoms with Gasteiger partial charge in [0.25, 0.3) is 0 Å². The van der Waals surface area contributed by atoms with E-state index < -0.39 is 0 Å². The Bertz CT molecular complexity index is 516. The second-order valence-electron chi connectivity index (χ2n) is 3.83. The van der Waals surface area contributed by atoms with Crippen molar-refractivity contribution < 1.29 is 4.79 Å². The molecule has 0 unspecified atom stereocenters. The third-order valence-corrected chi connectivity index (χ3v) is 3.06. The Morgan fingerprint density at radius 2 is 2.06 bits per heavy atom. The number of hydrogen-bond acceptors (Lipinski definition) is 2. The van der Waals surface area contributed by atoms with Gasteiger partial charge in [0.15, 0.2) is 5.78 Å². The smallest absolute Gasteiger partial charge is 0.165 e. The van der Waals surface area contributed by atoms with Gasteiger partial charge in [-0.3, -0.25) is 9.48 Å². The summed E-state index contributed by atoms with van der Waals surface area (Å²) < 4.78 is 2.84. The van der Waals surface area contributed by atoms with Crippen LogP contribution >= 0.6 is 15.9 Å². The predicted molar refractivity (Wildman–Crippen MR) is 70.1 cm³/mol. The van der Waals surface area contributed by atoms with Gasteiger partial charge in [-0.2, -0.15) is 5.10 Å². The molecule has 1 heterocycles. The van der Waals surface area contributed by atoms with E-state index >= 15 is 0 Å². The molecule has 0 radical (unpaired) electrons. The number of aromatic nitrogens is 2. The summed E-state index contributed by atoms with van der Waals surface area (Å²) in [6.07, 6.45) is 3.95. The van der Waals surface area contributed by atoms with Gasteiger partial charge in [-0.1, -0.05) is 35.0 Å². The second-order valence-corrected chi connectivity index (χ2v) is 4.75. The molecule has 4 heteroatoms. The molecule has 0 aliphatic carbocycles. The van der Waals surface area contributed by atoms with E-state index in [0.29, 0.717) is 18.5 Å². The van der Waals surface area contributed by atoms with Crippen LogP contribution in [0.5, 0.6) is 0 Å². The molecule has 0 aliphatic rings. The third-order valence-electron chi connectivity index (χ3n) is 2.53. The summed E-state index contributed by atoms with van der Waals surface area (Å²) in [6, 6.07) is 8.06. The fourth-order valence-corrected chi connectivity index (χ4v) is 1.84. The van der Waals surface area contributed by atoms with E-state index in [9.17, 15) is 4.79 Å². The maximum atomic E-state index is 11.5. The van der Waals surface area contributed by atoms with Crippen molar-refractivity contribution in [2.24, 2.45) is 0 Å². The van der Waals surface area contributed by atoms with Crippen LogP contribution in [-0.2, 0) is 6.54 Å². The van der Waals surface area contributed by atoms with E-state index in [2.05, 4.69) is 21.0 Å². The minimum Gasteiger partial charge on any atom is -0.294 e. The highest BCUT2D eigenvalue weighted by atomic mass is 79.9. The zero-order valence-electron chi connectivity index (χ0n) is 9.56. The van der Waals surface area contributed by atoms with Crippen molar-refractivity contribution in [2.75, 3.05) is 0 Å². The fourth-order valence-electron chi connectivity index (χ4n) is 1.58. The van der Waals surface area contributed by atoms with E-state index in [0.717, 1.165) is 10.0 Å². The highest BCUT2D eigenvalue weighted by Crippen LogP contribution is 2.12. The Balaban J connectivity index is 2.11. The molecule has 3 nitrogen and oxygen atoms in total. The number of rotatable bonds is 4. The molecule has 0 bridgehead atoms. The van der Waals surface area contributed by atoms with Crippen molar-refractivity contribution in [1.82, 2.24) is 9.78 Å². The van der Waals surface area contributed by atoms with Gasteiger partial charge >= 0.3 is 0 Å². The van der Waals surface area contributed by atoms with Gasteiger partial charge in [0.05, 0.1) is 18.3 Å². The number of hydrogen-bond donors (Lipinski definition) is 0. The van der Waals surface area contributed by atoms with E-state index in [-0.39, 0.29) is 5.78 Å². The summed E-state index contributed by atoms with van der Waals surface area (Å²) in [5.74, 6) is 0.132. The van der Waals surface area contributed by atoms with Gasteiger partial charge in [0, 0.05) is 17.1 Å². The molecule has 0 amide bonds. The standard InChI is InChI=1S/C13H13BrN2O/c1-2-13(17)11-7-15-16(9-11)8-10-3-5-12(14)6-4-10/h3-7,9H,2,8H2,1H3. The Kier molecular flexibility index (Phi) is 3.74. The van der Waals surface area contributed by atoms with Crippen molar-refractivity contribution in [3.05, 3.63) is 52.3 Å². The minimum atomic E-state index is 0.132. The fraction of sp³-hybridized carbons (Fsp3) is 0.231. The van der Waals surface area contributed by atoms with Crippen LogP contribution in [0.4, 0.5) is 0 Å². The lowest BCUT2D eigenvalue weighted by atomic mass is 10.2. The molecule has 0 fully saturated rings. The lowest BCUT2D eigenvalue weighted by Gasteiger charge is -2.01. The molecule has 1 aromatic heterocycles. The molecular formula is C13H13BrN2O. The Labute approximate surface area is 109 Å². The number of carbonyl (C=O) groups is 1. The lowest BCUT2D eigenvalue weighted by Crippen LogP contribution is -2.00. The van der Waals surface area contributed by atoms with Crippen LogP contribution in [0.1, 0.15) is 29.3 Å². The topological polar surface area (TPSA) is 34.9 Å². The first kappa shape index (κ1) is 12.0. The zero-order chi connectivity index (χ0) is 12.3. The van der Waals surface area contributed by atoms with Crippen LogP contribution in [0.3, 0.4) is 0 Å². The van der Waals surface area contributed by atoms with E-state index in [1.54, 1.807) is 17.1 Å². The Morgan fingerprint density at radius 3 is 2.71 bits per heavy atom. The molecule has 0 atom stereocenters. The monoisotopic (exact) mass is 292 g/mol. The largest absolute Gasteiger partial charge is 0.294 e. The van der Waals surface area contributed by atoms with Crippen molar-refractivity contribution in [3.63, 3.8) is 0 Å². The minimum absolute atomic E-state index is 0.132. The Hall–Kier alpha value is -1.42. The second kappa shape index (κ2) is 5.27. The molecular weight excluding hydrogens is 280 g/mol. The third kappa shape index (κ3) is 3.03. The van der Waals surface area contributed by atoms with Crippen molar-refractivity contribution in [3.8, 4) is 0 Å². The van der Waals surface area contributed by atoms with Crippen LogP contribution in [0.25, 0.3) is 0 Å². The first-order chi connectivity index (χ1) is 8.19. The molecule has 17 heavy (non-hydrogen) atoms. The summed E-state index contributed by atoms with van der Waals surface area (Å²) in [7, 11) is 0. The zero-order valence-corrected chi connectivity index (χ0v) is 11.1. The molecule has 0 N–H and O–H groups in total. The maximum Gasteiger partial charge on any atom is 0.165 e. The van der Waals surface area contributed by atoms with Gasteiger partial charge in [0.1, 0.15) is 0 Å². The van der Waals surface area contributed by atoms with E-state index in [1.807, 2.05) is 31.2 Å². The average molecular weight is 293 g/mol. The molecule has 2 aromatic rings. The number of ketones is 1. The SMILES string of the molecule is CCC(=O)c1cnn(Cc2ccc(Br)cc2)c1. The molecule has 0 spiro atoms. The van der Waals surface area contributed by atoms with Crippen molar-refractivity contribution in [2.45, 2.75) is 19.9 Å². The van der Waals surface area contributed by atoms with E-state index in [4.69, 9.17) is 0 Å². The summed E-state index contributed by atoms with van der Waals surface area (Å²) >= 11 is 3.40. The highest BCUT2D eigenvalue weighted by molar-refractivity contribution is 9.10. The molecule has 0 saturated heterocycles. The summed E-state index contributed by atoms with van der Waals surface area (Å²) in [4.78, 5) is 11.5. The van der Waals surface area contributed by atoms with Crippen molar-refractivity contribution >= 4 is 21.7 Å². The number of nitrogens with zero attached hydrogens (tertiary/aromatic N) is 2. The highest BCUT2D eigenvalue weighted by Gasteiger charge is 2.06. The normalized spacial score (nSPS) is 10.5. The van der Waals surface area contributed by atoms with Crippen LogP contribution in [0, 0.1) is 0 Å². The number of benzene rings is 1. The Morgan fingerprint density at radius 1 is 1.35 bits per heavy atom. The number of carbonyl (C=O) groups excluding carboxylic acids is 1. The molecule has 0 saturated carbocycles. The average Bonchev–Trinajstić information content (AvgIpc) is 2.80. The molecule has 0 aliphatic heterocycles. The van der Waals surface area contributed by atoms with Crippen LogP contribution in [-0.4, -0.2) is 15.6 Å². The van der Waals surface area contributed by atoms with Gasteiger partial charge in [-0.05, 0) is 17.7 Å². The molecule has 1 aromatic carbocycles. The first-order valence-electron chi connectivity index (χ1n) is 5.49. The van der Waals surface area contributed by atoms with Crippen LogP contribution in [0.2, 0.25) is 0 Å². The quantitative estimate of drug-likeness (QED) is 0.811. The van der Waals surface area contributed by atoms with Gasteiger partial charge < -0.3 is 0 Å².